The molecule has 5 nitrogen and oxygen atoms in total. The maximum absolute atomic E-state index is 5.58. The van der Waals surface area contributed by atoms with E-state index in [0.29, 0.717) is 5.82 Å². The fraction of sp³-hybridized carbons (Fsp3) is 0.100. The molecule has 2 heterocycles. The van der Waals surface area contributed by atoms with Crippen LogP contribution in [-0.2, 0) is 0 Å². The second kappa shape index (κ2) is 3.91. The van der Waals surface area contributed by atoms with Crippen molar-refractivity contribution in [2.24, 2.45) is 0 Å². The Hall–Kier alpha value is -2.17. The summed E-state index contributed by atoms with van der Waals surface area (Å²) in [5.41, 5.74) is 6.54. The lowest BCUT2D eigenvalue weighted by atomic mass is 10.3. The zero-order valence-electron chi connectivity index (χ0n) is 8.33. The van der Waals surface area contributed by atoms with Crippen LogP contribution in [0.5, 0.6) is 0 Å². The molecular weight excluding hydrogens is 190 g/mol. The lowest BCUT2D eigenvalue weighted by Gasteiger charge is -2.17. The molecule has 2 rings (SSSR count). The van der Waals surface area contributed by atoms with E-state index in [4.69, 9.17) is 5.73 Å². The summed E-state index contributed by atoms with van der Waals surface area (Å²) in [7, 11) is 1.90. The first-order chi connectivity index (χ1) is 7.27. The van der Waals surface area contributed by atoms with Crippen LogP contribution >= 0.6 is 0 Å². The van der Waals surface area contributed by atoms with Crippen LogP contribution in [0.25, 0.3) is 0 Å². The van der Waals surface area contributed by atoms with E-state index in [-0.39, 0.29) is 0 Å². The Bertz CT molecular complexity index is 443. The Morgan fingerprint density at radius 2 is 2.20 bits per heavy atom. The summed E-state index contributed by atoms with van der Waals surface area (Å²) in [5, 5.41) is 0. The third kappa shape index (κ3) is 2.01. The number of anilines is 3. The molecule has 0 aliphatic rings. The summed E-state index contributed by atoms with van der Waals surface area (Å²) in [6, 6.07) is 5.54. The standard InChI is InChI=1S/C10H11N5/c1-15(8-3-2-4-12-6-8)10-5-9(11)13-7-14-10/h2-7H,1H3,(H2,11,13,14). The van der Waals surface area contributed by atoms with Crippen LogP contribution in [0.2, 0.25) is 0 Å². The summed E-state index contributed by atoms with van der Waals surface area (Å²) in [4.78, 5) is 13.9. The largest absolute Gasteiger partial charge is 0.384 e. The Morgan fingerprint density at radius 1 is 1.33 bits per heavy atom. The number of hydrogen-bond acceptors (Lipinski definition) is 5. The lowest BCUT2D eigenvalue weighted by Crippen LogP contribution is -2.11. The van der Waals surface area contributed by atoms with Gasteiger partial charge in [0.15, 0.2) is 0 Å². The molecule has 0 spiro atoms. The van der Waals surface area contributed by atoms with Crippen molar-refractivity contribution >= 4 is 17.3 Å². The molecular formula is C10H11N5. The lowest BCUT2D eigenvalue weighted by molar-refractivity contribution is 1.08. The molecule has 0 saturated heterocycles. The summed E-state index contributed by atoms with van der Waals surface area (Å²) in [6.07, 6.45) is 4.93. The van der Waals surface area contributed by atoms with Gasteiger partial charge in [-0.2, -0.15) is 0 Å². The number of hydrogen-bond donors (Lipinski definition) is 1. The second-order valence-electron chi connectivity index (χ2n) is 3.07. The molecule has 2 aromatic heterocycles. The smallest absolute Gasteiger partial charge is 0.138 e. The van der Waals surface area contributed by atoms with Crippen molar-refractivity contribution in [2.45, 2.75) is 0 Å². The maximum atomic E-state index is 5.58. The van der Waals surface area contributed by atoms with Gasteiger partial charge >= 0.3 is 0 Å². The second-order valence-corrected chi connectivity index (χ2v) is 3.07. The van der Waals surface area contributed by atoms with Gasteiger partial charge in [0.1, 0.15) is 18.0 Å². The normalized spacial score (nSPS) is 9.93. The molecule has 2 N–H and O–H groups in total. The van der Waals surface area contributed by atoms with Gasteiger partial charge in [0.25, 0.3) is 0 Å². The molecule has 76 valence electrons. The Morgan fingerprint density at radius 3 is 2.87 bits per heavy atom. The molecule has 0 unspecified atom stereocenters. The van der Waals surface area contributed by atoms with Crippen LogP contribution in [0.15, 0.2) is 36.9 Å². The summed E-state index contributed by atoms with van der Waals surface area (Å²) < 4.78 is 0. The molecule has 0 atom stereocenters. The minimum Gasteiger partial charge on any atom is -0.384 e. The van der Waals surface area contributed by atoms with Gasteiger partial charge < -0.3 is 10.6 Å². The summed E-state index contributed by atoms with van der Waals surface area (Å²) in [6.45, 7) is 0. The summed E-state index contributed by atoms with van der Waals surface area (Å²) >= 11 is 0. The van der Waals surface area contributed by atoms with E-state index in [9.17, 15) is 0 Å². The molecule has 0 radical (unpaired) electrons. The first-order valence-electron chi connectivity index (χ1n) is 4.48. The number of pyridine rings is 1. The fourth-order valence-electron chi connectivity index (χ4n) is 1.23. The number of aromatic nitrogens is 3. The molecule has 0 amide bonds. The number of nitrogens with two attached hydrogens (primary N) is 1. The van der Waals surface area contributed by atoms with Crippen LogP contribution in [-0.4, -0.2) is 22.0 Å². The van der Waals surface area contributed by atoms with Crippen molar-refractivity contribution in [3.63, 3.8) is 0 Å². The average molecular weight is 201 g/mol. The van der Waals surface area contributed by atoms with Crippen LogP contribution in [0, 0.1) is 0 Å². The van der Waals surface area contributed by atoms with E-state index in [1.54, 1.807) is 18.5 Å². The quantitative estimate of drug-likeness (QED) is 0.791. The number of rotatable bonds is 2. The number of nitrogens with zero attached hydrogens (tertiary/aromatic N) is 4. The topological polar surface area (TPSA) is 67.9 Å². The van der Waals surface area contributed by atoms with Crippen LogP contribution in [0.4, 0.5) is 17.3 Å². The molecule has 5 heteroatoms. The van der Waals surface area contributed by atoms with E-state index in [1.165, 1.54) is 6.33 Å². The molecule has 0 bridgehead atoms. The molecule has 0 aliphatic heterocycles. The van der Waals surface area contributed by atoms with Crippen molar-refractivity contribution in [3.8, 4) is 0 Å². The monoisotopic (exact) mass is 201 g/mol. The molecule has 15 heavy (non-hydrogen) atoms. The third-order valence-corrected chi connectivity index (χ3v) is 2.05. The van der Waals surface area contributed by atoms with Gasteiger partial charge in [-0.05, 0) is 12.1 Å². The average Bonchev–Trinajstić information content (AvgIpc) is 2.29. The van der Waals surface area contributed by atoms with Crippen molar-refractivity contribution in [1.29, 1.82) is 0 Å². The van der Waals surface area contributed by atoms with Gasteiger partial charge in [-0.1, -0.05) is 0 Å². The molecule has 0 fully saturated rings. The fourth-order valence-corrected chi connectivity index (χ4v) is 1.23. The first kappa shape index (κ1) is 9.39. The van der Waals surface area contributed by atoms with Gasteiger partial charge in [0, 0.05) is 19.3 Å². The third-order valence-electron chi connectivity index (χ3n) is 2.05. The van der Waals surface area contributed by atoms with Crippen molar-refractivity contribution in [3.05, 3.63) is 36.9 Å². The molecule has 2 aromatic rings. The van der Waals surface area contributed by atoms with E-state index in [1.807, 2.05) is 24.1 Å². The Labute approximate surface area is 87.6 Å². The highest BCUT2D eigenvalue weighted by Crippen LogP contribution is 2.20. The van der Waals surface area contributed by atoms with Gasteiger partial charge in [-0.25, -0.2) is 9.97 Å². The molecule has 0 saturated carbocycles. The van der Waals surface area contributed by atoms with Crippen molar-refractivity contribution in [1.82, 2.24) is 15.0 Å². The van der Waals surface area contributed by atoms with Crippen LogP contribution in [0.3, 0.4) is 0 Å². The van der Waals surface area contributed by atoms with Crippen LogP contribution in [0.1, 0.15) is 0 Å². The van der Waals surface area contributed by atoms with E-state index < -0.39 is 0 Å². The van der Waals surface area contributed by atoms with Gasteiger partial charge in [-0.15, -0.1) is 0 Å². The molecule has 0 aromatic carbocycles. The zero-order chi connectivity index (χ0) is 10.7. The maximum Gasteiger partial charge on any atom is 0.138 e. The van der Waals surface area contributed by atoms with Gasteiger partial charge in [-0.3, -0.25) is 4.98 Å². The van der Waals surface area contributed by atoms with Crippen molar-refractivity contribution in [2.75, 3.05) is 17.7 Å². The predicted molar refractivity (Wildman–Crippen MR) is 58.7 cm³/mol. The number of nitrogen functional groups attached to an aromatic ring is 1. The van der Waals surface area contributed by atoms with Crippen molar-refractivity contribution < 1.29 is 0 Å². The van der Waals surface area contributed by atoms with E-state index >= 15 is 0 Å². The SMILES string of the molecule is CN(c1cccnc1)c1cc(N)ncn1. The molecule has 0 aliphatic carbocycles. The highest BCUT2D eigenvalue weighted by molar-refractivity contribution is 5.59. The minimum absolute atomic E-state index is 0.454. The Kier molecular flexibility index (Phi) is 2.45. The van der Waals surface area contributed by atoms with Crippen LogP contribution < -0.4 is 10.6 Å². The minimum atomic E-state index is 0.454. The highest BCUT2D eigenvalue weighted by atomic mass is 15.2. The van der Waals surface area contributed by atoms with E-state index in [0.717, 1.165) is 11.5 Å². The van der Waals surface area contributed by atoms with Gasteiger partial charge in [0.2, 0.25) is 0 Å². The Balaban J connectivity index is 2.32. The summed E-state index contributed by atoms with van der Waals surface area (Å²) in [5.74, 6) is 1.20. The zero-order valence-corrected chi connectivity index (χ0v) is 8.33. The first-order valence-corrected chi connectivity index (χ1v) is 4.48. The predicted octanol–water partition coefficient (Wildman–Crippen LogP) is 1.22. The highest BCUT2D eigenvalue weighted by Gasteiger charge is 2.04. The van der Waals surface area contributed by atoms with E-state index in [2.05, 4.69) is 15.0 Å². The van der Waals surface area contributed by atoms with Gasteiger partial charge in [0.05, 0.1) is 11.9 Å².